The molecule has 0 aliphatic carbocycles. The van der Waals surface area contributed by atoms with Gasteiger partial charge in [0.05, 0.1) is 12.1 Å². The van der Waals surface area contributed by atoms with E-state index in [2.05, 4.69) is 59.4 Å². The number of amides is 8. The van der Waals surface area contributed by atoms with E-state index in [0.29, 0.717) is 11.1 Å². The predicted octanol–water partition coefficient (Wildman–Crippen LogP) is -1.81. The van der Waals surface area contributed by atoms with E-state index in [9.17, 15) is 43.5 Å². The number of para-hydroxylation sites is 1. The van der Waals surface area contributed by atoms with Crippen molar-refractivity contribution in [3.63, 3.8) is 0 Å². The minimum atomic E-state index is -1.48. The zero-order chi connectivity index (χ0) is 55.5. The molecule has 76 heavy (non-hydrogen) atoms. The number of aliphatic hydroxyl groups excluding tert-OH is 1. The van der Waals surface area contributed by atoms with Gasteiger partial charge in [0.15, 0.2) is 11.9 Å². The summed E-state index contributed by atoms with van der Waals surface area (Å²) in [7, 11) is 0. The third-order valence-electron chi connectivity index (χ3n) is 12.9. The van der Waals surface area contributed by atoms with Crippen LogP contribution in [0.3, 0.4) is 0 Å². The molecule has 8 amide bonds. The first kappa shape index (κ1) is 59.0. The number of fused-ring (bicyclic) bond motifs is 2. The summed E-state index contributed by atoms with van der Waals surface area (Å²) in [5, 5.41) is 51.6. The molecule has 0 spiro atoms. The number of aromatic amines is 1. The first-order valence-electron chi connectivity index (χ1n) is 25.1. The first-order chi connectivity index (χ1) is 36.2. The highest BCUT2D eigenvalue weighted by Gasteiger charge is 2.43. The van der Waals surface area contributed by atoms with Gasteiger partial charge in [0.2, 0.25) is 47.3 Å². The van der Waals surface area contributed by atoms with E-state index >= 15 is 0 Å². The van der Waals surface area contributed by atoms with Gasteiger partial charge in [0.1, 0.15) is 36.3 Å². The molecule has 3 heterocycles. The number of carbonyl (C=O) groups is 8. The molecule has 2 aliphatic heterocycles. The lowest BCUT2D eigenvalue weighted by Gasteiger charge is -2.31. The number of rotatable bonds is 16. The lowest BCUT2D eigenvalue weighted by Crippen LogP contribution is -2.60. The highest BCUT2D eigenvalue weighted by atomic mass is 35.5. The molecule has 2 aromatic carbocycles. The molecule has 0 radical (unpaired) electrons. The van der Waals surface area contributed by atoms with Crippen molar-refractivity contribution in [3.8, 4) is 0 Å². The fourth-order valence-electron chi connectivity index (χ4n) is 9.03. The van der Waals surface area contributed by atoms with Gasteiger partial charge in [-0.05, 0) is 68.2 Å². The quantitative estimate of drug-likeness (QED) is 0.0427. The summed E-state index contributed by atoms with van der Waals surface area (Å²) >= 11 is 6.59. The predicted molar refractivity (Wildman–Crippen MR) is 284 cm³/mol. The molecule has 1 aromatic heterocycles. The molecule has 1 unspecified atom stereocenters. The monoisotopic (exact) mass is 1070 g/mol. The summed E-state index contributed by atoms with van der Waals surface area (Å²) in [6.45, 7) is 5.08. The normalized spacial score (nSPS) is 22.8. The third kappa shape index (κ3) is 17.9. The van der Waals surface area contributed by atoms with Crippen LogP contribution in [-0.4, -0.2) is 149 Å². The summed E-state index contributed by atoms with van der Waals surface area (Å²) < 4.78 is 0. The lowest BCUT2D eigenvalue weighted by atomic mass is 10.0. The van der Waals surface area contributed by atoms with Crippen LogP contribution in [0.5, 0.6) is 0 Å². The van der Waals surface area contributed by atoms with Gasteiger partial charge >= 0.3 is 0 Å². The average Bonchev–Trinajstić information content (AvgIpc) is 3.97. The molecule has 3 aromatic rings. The van der Waals surface area contributed by atoms with Crippen LogP contribution in [0.4, 0.5) is 0 Å². The standard InChI is InChI=1S/C50H71ClN16O9/c1-27(52)34-14-7-19-57-42(70)18-17-38(64-43(71)36(61-28(2)68)15-8-20-58-49(53)54)48(76)67-26-31(69)24-41(67)47(75)66-39(22-29-10-3-5-12-33(29)51)46(74)63-37(16-9-21-59-50(55)56)44(72)65-40(45(73)62-34)23-30-25-60-35-13-6-4-11-32(30)35/h3-6,10-13,25,31,34,36-41,60,69H,1,7-9,14-24,26,52H2,2H3,(H,57,70)(H,61,68)(H,62,73)(H,63,74)(H,64,71)(H,65,72)(H,66,75)(H4,53,54,58)(H4,55,56,59)/t31-,34?,36+,37+,38+,39-,40+,41+/m1/s1. The second kappa shape index (κ2) is 28.7. The van der Waals surface area contributed by atoms with E-state index < -0.39 is 95.7 Å². The van der Waals surface area contributed by atoms with E-state index in [1.807, 2.05) is 24.3 Å². The van der Waals surface area contributed by atoms with Crippen molar-refractivity contribution in [2.24, 2.45) is 17.2 Å². The number of carbonyl (C=O) groups excluding carboxylic acids is 8. The number of guanidine groups is 2. The van der Waals surface area contributed by atoms with Crippen molar-refractivity contribution in [2.75, 3.05) is 26.2 Å². The molecular weight excluding hydrogens is 1000 g/mol. The number of H-pyrrole nitrogens is 1. The third-order valence-corrected chi connectivity index (χ3v) is 13.3. The zero-order valence-electron chi connectivity index (χ0n) is 42.4. The fourth-order valence-corrected chi connectivity index (χ4v) is 9.25. The molecule has 26 heteroatoms. The SMILES string of the molecule is C=C(N)C1CCCNC(=O)CC[C@H](NC(=O)[C@H](CCCNC(=N)N)NC(C)=O)C(=O)N2C[C@H](O)C[C@H]2C(=O)N[C@H](Cc2ccccc2Cl)C(=O)N[C@@H](CCCNC(=N)N)C(=O)N[C@@H](Cc2c[nH]c3ccccc23)C(=O)N1. The van der Waals surface area contributed by atoms with Crippen molar-refractivity contribution in [2.45, 2.75) is 126 Å². The topological polar surface area (TPSA) is 410 Å². The van der Waals surface area contributed by atoms with Gasteiger partial charge in [-0.2, -0.15) is 0 Å². The van der Waals surface area contributed by atoms with Crippen molar-refractivity contribution in [3.05, 3.63) is 83.2 Å². The van der Waals surface area contributed by atoms with Crippen molar-refractivity contribution in [1.82, 2.24) is 57.7 Å². The number of hydrogen-bond donors (Lipinski definition) is 16. The van der Waals surface area contributed by atoms with Crippen LogP contribution in [0.1, 0.15) is 75.8 Å². The second-order valence-corrected chi connectivity index (χ2v) is 19.3. The molecule has 5 rings (SSSR count). The van der Waals surface area contributed by atoms with E-state index in [0.717, 1.165) is 15.8 Å². The molecule has 19 N–H and O–H groups in total. The summed E-state index contributed by atoms with van der Waals surface area (Å²) in [4.78, 5) is 117. The van der Waals surface area contributed by atoms with Crippen LogP contribution in [0.25, 0.3) is 10.9 Å². The summed E-state index contributed by atoms with van der Waals surface area (Å²) in [6, 6.07) is 4.91. The maximum absolute atomic E-state index is 14.7. The van der Waals surface area contributed by atoms with Crippen LogP contribution in [-0.2, 0) is 51.2 Å². The van der Waals surface area contributed by atoms with Crippen LogP contribution >= 0.6 is 11.6 Å². The molecule has 2 saturated heterocycles. The Bertz CT molecular complexity index is 2610. The highest BCUT2D eigenvalue weighted by Crippen LogP contribution is 2.24. The molecule has 25 nitrogen and oxygen atoms in total. The van der Waals surface area contributed by atoms with Crippen LogP contribution in [0.15, 0.2) is 67.0 Å². The van der Waals surface area contributed by atoms with E-state index in [-0.39, 0.29) is 119 Å². The van der Waals surface area contributed by atoms with Gasteiger partial charge in [-0.3, -0.25) is 49.2 Å². The smallest absolute Gasteiger partial charge is 0.245 e. The summed E-state index contributed by atoms with van der Waals surface area (Å²) in [6.07, 6.45) is 0.228. The molecule has 2 aliphatic rings. The van der Waals surface area contributed by atoms with Gasteiger partial charge in [-0.25, -0.2) is 0 Å². The molecule has 0 saturated carbocycles. The number of halogens is 1. The molecule has 2 fully saturated rings. The van der Waals surface area contributed by atoms with Crippen LogP contribution in [0.2, 0.25) is 5.02 Å². The minimum Gasteiger partial charge on any atom is -0.401 e. The maximum atomic E-state index is 14.7. The summed E-state index contributed by atoms with van der Waals surface area (Å²) in [5.74, 6) is -6.51. The van der Waals surface area contributed by atoms with Crippen molar-refractivity contribution >= 4 is 81.7 Å². The van der Waals surface area contributed by atoms with Gasteiger partial charge in [0, 0.05) is 86.6 Å². The Morgan fingerprint density at radius 1 is 0.829 bits per heavy atom. The Morgan fingerprint density at radius 2 is 1.45 bits per heavy atom. The zero-order valence-corrected chi connectivity index (χ0v) is 43.2. The number of hydrogen-bond acceptors (Lipinski definition) is 12. The highest BCUT2D eigenvalue weighted by molar-refractivity contribution is 6.31. The number of benzene rings is 2. The van der Waals surface area contributed by atoms with E-state index in [1.54, 1.807) is 30.5 Å². The molecule has 0 bridgehead atoms. The van der Waals surface area contributed by atoms with E-state index in [4.69, 9.17) is 39.6 Å². The lowest BCUT2D eigenvalue weighted by molar-refractivity contribution is -0.143. The average molecular weight is 1080 g/mol. The van der Waals surface area contributed by atoms with Gasteiger partial charge in [-0.1, -0.05) is 54.6 Å². The number of aromatic nitrogens is 1. The van der Waals surface area contributed by atoms with E-state index in [1.165, 1.54) is 6.92 Å². The van der Waals surface area contributed by atoms with Crippen molar-refractivity contribution in [1.29, 1.82) is 10.8 Å². The molecular formula is C50H71ClN16O9. The molecule has 8 atom stereocenters. The number of nitrogens with one attached hydrogen (secondary N) is 12. The number of aliphatic hydroxyl groups is 1. The van der Waals surface area contributed by atoms with Crippen LogP contribution in [0, 0.1) is 10.8 Å². The molecule has 412 valence electrons. The Kier molecular flexibility index (Phi) is 22.2. The summed E-state index contributed by atoms with van der Waals surface area (Å²) in [5.41, 5.74) is 19.1. The van der Waals surface area contributed by atoms with Gasteiger partial charge in [0.25, 0.3) is 0 Å². The number of nitrogens with two attached hydrogens (primary N) is 3. The van der Waals surface area contributed by atoms with Crippen LogP contribution < -0.4 is 65.1 Å². The Labute approximate surface area is 444 Å². The van der Waals surface area contributed by atoms with Gasteiger partial charge < -0.3 is 80.0 Å². The minimum absolute atomic E-state index is 0.0183. The second-order valence-electron chi connectivity index (χ2n) is 18.9. The number of nitrogens with zero attached hydrogens (tertiary/aromatic N) is 1. The fraction of sp³-hybridized carbons (Fsp3) is 0.480. The van der Waals surface area contributed by atoms with Crippen molar-refractivity contribution < 1.29 is 43.5 Å². The maximum Gasteiger partial charge on any atom is 0.245 e. The Hall–Kier alpha value is -7.93. The Balaban J connectivity index is 1.54. The first-order valence-corrected chi connectivity index (χ1v) is 25.5. The van der Waals surface area contributed by atoms with Gasteiger partial charge in [-0.15, -0.1) is 0 Å². The Morgan fingerprint density at radius 3 is 2.13 bits per heavy atom. The largest absolute Gasteiger partial charge is 0.401 e.